The third-order valence-corrected chi connectivity index (χ3v) is 3.49. The molecule has 0 aliphatic carbocycles. The van der Waals surface area contributed by atoms with Gasteiger partial charge in [-0.25, -0.2) is 13.4 Å². The van der Waals surface area contributed by atoms with Crippen molar-refractivity contribution in [2.24, 2.45) is 0 Å². The van der Waals surface area contributed by atoms with E-state index in [1.54, 1.807) is 18.2 Å². The number of nitrogens with one attached hydrogen (secondary N) is 1. The van der Waals surface area contributed by atoms with Crippen molar-refractivity contribution in [3.8, 4) is 0 Å². The van der Waals surface area contributed by atoms with Crippen molar-refractivity contribution >= 4 is 48.3 Å². The minimum absolute atomic E-state index is 0.356. The quantitative estimate of drug-likeness (QED) is 0.904. The van der Waals surface area contributed by atoms with E-state index in [0.717, 1.165) is 16.5 Å². The van der Waals surface area contributed by atoms with Gasteiger partial charge in [-0.1, -0.05) is 22.9 Å². The van der Waals surface area contributed by atoms with E-state index in [1.165, 1.54) is 11.3 Å². The number of benzene rings is 1. The zero-order valence-corrected chi connectivity index (χ0v) is 10.1. The van der Waals surface area contributed by atoms with E-state index in [1.807, 2.05) is 0 Å². The molecule has 0 spiro atoms. The summed E-state index contributed by atoms with van der Waals surface area (Å²) in [5.74, 6) is 0. The van der Waals surface area contributed by atoms with Crippen LogP contribution in [0.1, 0.15) is 0 Å². The molecule has 1 heterocycles. The average molecular weight is 263 g/mol. The third kappa shape index (κ3) is 2.58. The fourth-order valence-corrected chi connectivity index (χ4v) is 3.08. The maximum atomic E-state index is 11.0. The number of nitrogens with zero attached hydrogens (tertiary/aromatic N) is 1. The van der Waals surface area contributed by atoms with Gasteiger partial charge < -0.3 is 0 Å². The zero-order chi connectivity index (χ0) is 11.1. The summed E-state index contributed by atoms with van der Waals surface area (Å²) in [4.78, 5) is 4.11. The van der Waals surface area contributed by atoms with Crippen molar-refractivity contribution in [2.45, 2.75) is 0 Å². The first-order valence-corrected chi connectivity index (χ1v) is 7.06. The Kier molecular flexibility index (Phi) is 2.57. The van der Waals surface area contributed by atoms with Crippen molar-refractivity contribution < 1.29 is 8.42 Å². The molecule has 0 saturated carbocycles. The highest BCUT2D eigenvalue weighted by Crippen LogP contribution is 2.28. The molecule has 2 aromatic rings. The van der Waals surface area contributed by atoms with Gasteiger partial charge in [-0.05, 0) is 18.2 Å². The molecule has 0 unspecified atom stereocenters. The highest BCUT2D eigenvalue weighted by atomic mass is 35.5. The van der Waals surface area contributed by atoms with Crippen molar-refractivity contribution in [3.63, 3.8) is 0 Å². The van der Waals surface area contributed by atoms with Crippen molar-refractivity contribution in [1.29, 1.82) is 0 Å². The molecule has 1 aromatic heterocycles. The second-order valence-corrected chi connectivity index (χ2v) is 6.22. The minimum atomic E-state index is -3.27. The Balaban J connectivity index is 2.48. The Morgan fingerprint density at radius 1 is 1.47 bits per heavy atom. The Hall–Kier alpha value is -0.850. The number of sulfonamides is 1. The normalized spacial score (nSPS) is 11.9. The molecule has 80 valence electrons. The Labute approximate surface area is 96.0 Å². The van der Waals surface area contributed by atoms with Gasteiger partial charge in [0.15, 0.2) is 5.13 Å². The van der Waals surface area contributed by atoms with E-state index in [4.69, 9.17) is 11.6 Å². The standard InChI is InChI=1S/C8H7ClN2O2S2/c1-15(12,13)11-8-10-6-3-2-5(9)4-7(6)14-8/h2-4H,1H3,(H,10,11). The fraction of sp³-hybridized carbons (Fsp3) is 0.125. The summed E-state index contributed by atoms with van der Waals surface area (Å²) in [5, 5.41) is 0.965. The molecule has 7 heteroatoms. The van der Waals surface area contributed by atoms with Crippen molar-refractivity contribution in [2.75, 3.05) is 11.0 Å². The molecule has 4 nitrogen and oxygen atoms in total. The topological polar surface area (TPSA) is 59.1 Å². The Morgan fingerprint density at radius 3 is 2.87 bits per heavy atom. The van der Waals surface area contributed by atoms with E-state index < -0.39 is 10.0 Å². The summed E-state index contributed by atoms with van der Waals surface area (Å²) in [7, 11) is -3.27. The fourth-order valence-electron chi connectivity index (χ4n) is 1.10. The third-order valence-electron chi connectivity index (χ3n) is 1.62. The van der Waals surface area contributed by atoms with Crippen LogP contribution < -0.4 is 4.72 Å². The van der Waals surface area contributed by atoms with Crippen molar-refractivity contribution in [1.82, 2.24) is 4.98 Å². The molecular formula is C8H7ClN2O2S2. The monoisotopic (exact) mass is 262 g/mol. The predicted octanol–water partition coefficient (Wildman–Crippen LogP) is 2.32. The summed E-state index contributed by atoms with van der Waals surface area (Å²) in [6.07, 6.45) is 1.09. The summed E-state index contributed by atoms with van der Waals surface area (Å²) < 4.78 is 25.1. The first-order valence-electron chi connectivity index (χ1n) is 3.98. The molecule has 0 aliphatic heterocycles. The predicted molar refractivity (Wildman–Crippen MR) is 63.1 cm³/mol. The molecule has 1 N–H and O–H groups in total. The number of hydrogen-bond acceptors (Lipinski definition) is 4. The molecule has 0 bridgehead atoms. The van der Waals surface area contributed by atoms with E-state index in [-0.39, 0.29) is 0 Å². The molecule has 0 radical (unpaired) electrons. The highest BCUT2D eigenvalue weighted by molar-refractivity contribution is 7.92. The molecule has 0 amide bonds. The smallest absolute Gasteiger partial charge is 0.231 e. The van der Waals surface area contributed by atoms with Crippen LogP contribution >= 0.6 is 22.9 Å². The van der Waals surface area contributed by atoms with E-state index in [2.05, 4.69) is 9.71 Å². The van der Waals surface area contributed by atoms with E-state index >= 15 is 0 Å². The van der Waals surface area contributed by atoms with Gasteiger partial charge in [-0.15, -0.1) is 0 Å². The number of anilines is 1. The number of fused-ring (bicyclic) bond motifs is 1. The number of halogens is 1. The van der Waals surface area contributed by atoms with Gasteiger partial charge in [0, 0.05) is 5.02 Å². The molecule has 1 aromatic carbocycles. The minimum Gasteiger partial charge on any atom is -0.259 e. The second kappa shape index (κ2) is 3.62. The summed E-state index contributed by atoms with van der Waals surface area (Å²) >= 11 is 7.05. The molecule has 0 fully saturated rings. The van der Waals surface area contributed by atoms with Crippen LogP contribution in [-0.4, -0.2) is 19.7 Å². The van der Waals surface area contributed by atoms with Crippen LogP contribution in [0.5, 0.6) is 0 Å². The molecule has 0 saturated heterocycles. The number of aromatic nitrogens is 1. The lowest BCUT2D eigenvalue weighted by Crippen LogP contribution is -2.08. The SMILES string of the molecule is CS(=O)(=O)Nc1nc2ccc(Cl)cc2s1. The lowest BCUT2D eigenvalue weighted by atomic mass is 10.3. The van der Waals surface area contributed by atoms with Gasteiger partial charge >= 0.3 is 0 Å². The number of thiazole rings is 1. The molecule has 0 aliphatic rings. The van der Waals surface area contributed by atoms with E-state index in [0.29, 0.717) is 10.2 Å². The highest BCUT2D eigenvalue weighted by Gasteiger charge is 2.08. The van der Waals surface area contributed by atoms with Crippen LogP contribution in [0, 0.1) is 0 Å². The molecular weight excluding hydrogens is 256 g/mol. The lowest BCUT2D eigenvalue weighted by Gasteiger charge is -1.95. The van der Waals surface area contributed by atoms with Crippen LogP contribution in [0.2, 0.25) is 5.02 Å². The average Bonchev–Trinajstić information content (AvgIpc) is 2.42. The van der Waals surface area contributed by atoms with Gasteiger partial charge in [0.1, 0.15) is 0 Å². The summed E-state index contributed by atoms with van der Waals surface area (Å²) in [5.41, 5.74) is 0.732. The summed E-state index contributed by atoms with van der Waals surface area (Å²) in [6.45, 7) is 0. The molecule has 0 atom stereocenters. The van der Waals surface area contributed by atoms with Crippen LogP contribution in [0.15, 0.2) is 18.2 Å². The van der Waals surface area contributed by atoms with Crippen molar-refractivity contribution in [3.05, 3.63) is 23.2 Å². The zero-order valence-electron chi connectivity index (χ0n) is 7.69. The van der Waals surface area contributed by atoms with Gasteiger partial charge in [-0.3, -0.25) is 4.72 Å². The lowest BCUT2D eigenvalue weighted by molar-refractivity contribution is 0.607. The maximum Gasteiger partial charge on any atom is 0.231 e. The van der Waals surface area contributed by atoms with Gasteiger partial charge in [0.2, 0.25) is 10.0 Å². The first kappa shape index (κ1) is 10.7. The molecule has 15 heavy (non-hydrogen) atoms. The first-order chi connectivity index (χ1) is 6.94. The number of rotatable bonds is 2. The van der Waals surface area contributed by atoms with Crippen LogP contribution in [-0.2, 0) is 10.0 Å². The number of hydrogen-bond donors (Lipinski definition) is 1. The van der Waals surface area contributed by atoms with Gasteiger partial charge in [0.25, 0.3) is 0 Å². The second-order valence-electron chi connectivity index (χ2n) is 3.01. The Morgan fingerprint density at radius 2 is 2.20 bits per heavy atom. The van der Waals surface area contributed by atoms with Crippen LogP contribution in [0.4, 0.5) is 5.13 Å². The van der Waals surface area contributed by atoms with Crippen LogP contribution in [0.3, 0.4) is 0 Å². The largest absolute Gasteiger partial charge is 0.259 e. The van der Waals surface area contributed by atoms with E-state index in [9.17, 15) is 8.42 Å². The molecule has 2 rings (SSSR count). The van der Waals surface area contributed by atoms with Gasteiger partial charge in [-0.2, -0.15) is 0 Å². The maximum absolute atomic E-state index is 11.0. The summed E-state index contributed by atoms with van der Waals surface area (Å²) in [6, 6.07) is 5.22. The van der Waals surface area contributed by atoms with Crippen LogP contribution in [0.25, 0.3) is 10.2 Å². The Bertz CT molecular complexity index is 606. The van der Waals surface area contributed by atoms with Gasteiger partial charge in [0.05, 0.1) is 16.5 Å².